The zero-order valence-electron chi connectivity index (χ0n) is 7.59. The molecule has 1 heterocycles. The van der Waals surface area contributed by atoms with E-state index in [0.29, 0.717) is 12.2 Å². The summed E-state index contributed by atoms with van der Waals surface area (Å²) in [4.78, 5) is 13.8. The first-order valence-corrected chi connectivity index (χ1v) is 4.09. The molecule has 4 heteroatoms. The Labute approximate surface area is 70.9 Å². The van der Waals surface area contributed by atoms with E-state index >= 15 is 0 Å². The molecule has 1 aromatic heterocycles. The van der Waals surface area contributed by atoms with Crippen LogP contribution in [0.25, 0.3) is 0 Å². The van der Waals surface area contributed by atoms with E-state index in [1.54, 1.807) is 0 Å². The number of aromatic amines is 1. The summed E-state index contributed by atoms with van der Waals surface area (Å²) in [7, 11) is 0. The molecule has 1 rings (SSSR count). The van der Waals surface area contributed by atoms with Crippen LogP contribution >= 0.6 is 0 Å². The Kier molecular flexibility index (Phi) is 2.26. The summed E-state index contributed by atoms with van der Waals surface area (Å²) in [6, 6.07) is 0. The van der Waals surface area contributed by atoms with Crippen LogP contribution in [0, 0.1) is 0 Å². The topological polar surface area (TPSA) is 58.0 Å². The molecule has 0 radical (unpaired) electrons. The van der Waals surface area contributed by atoms with E-state index in [-0.39, 0.29) is 17.5 Å². The van der Waals surface area contributed by atoms with Crippen molar-refractivity contribution in [2.75, 3.05) is 0 Å². The molecule has 4 nitrogen and oxygen atoms in total. The van der Waals surface area contributed by atoms with Crippen molar-refractivity contribution in [2.45, 2.75) is 33.2 Å². The second kappa shape index (κ2) is 3.05. The molecular weight excluding hydrogens is 156 g/mol. The lowest BCUT2D eigenvalue weighted by atomic mass is 10.1. The monoisotopic (exact) mass is 170 g/mol. The molecule has 1 aromatic rings. The summed E-state index contributed by atoms with van der Waals surface area (Å²) in [6.45, 7) is 6.16. The smallest absolute Gasteiger partial charge is 0.328 e. The van der Waals surface area contributed by atoms with Gasteiger partial charge in [0, 0.05) is 6.54 Å². The number of H-pyrrole nitrogens is 1. The number of nitrogens with zero attached hydrogens (tertiary/aromatic N) is 1. The van der Waals surface area contributed by atoms with Gasteiger partial charge in [0.25, 0.3) is 0 Å². The van der Waals surface area contributed by atoms with Crippen LogP contribution in [-0.2, 0) is 6.54 Å². The highest BCUT2D eigenvalue weighted by Gasteiger charge is 2.13. The van der Waals surface area contributed by atoms with Gasteiger partial charge >= 0.3 is 5.69 Å². The van der Waals surface area contributed by atoms with Gasteiger partial charge in [-0.3, -0.25) is 4.57 Å². The zero-order valence-corrected chi connectivity index (χ0v) is 7.59. The Hall–Kier alpha value is -1.19. The molecule has 0 aliphatic rings. The molecule has 0 aliphatic heterocycles. The molecule has 0 saturated heterocycles. The fraction of sp³-hybridized carbons (Fsp3) is 0.625. The van der Waals surface area contributed by atoms with Crippen LogP contribution in [0.5, 0.6) is 5.88 Å². The van der Waals surface area contributed by atoms with Crippen molar-refractivity contribution in [1.82, 2.24) is 9.55 Å². The molecule has 0 saturated carbocycles. The van der Waals surface area contributed by atoms with Gasteiger partial charge < -0.3 is 10.1 Å². The molecular formula is C8H14N2O2. The van der Waals surface area contributed by atoms with Gasteiger partial charge in [-0.2, -0.15) is 0 Å². The van der Waals surface area contributed by atoms with E-state index in [9.17, 15) is 9.90 Å². The largest absolute Gasteiger partial charge is 0.493 e. The minimum absolute atomic E-state index is 0.0671. The minimum Gasteiger partial charge on any atom is -0.493 e. The van der Waals surface area contributed by atoms with Crippen LogP contribution in [0.15, 0.2) is 4.79 Å². The van der Waals surface area contributed by atoms with Crippen molar-refractivity contribution in [2.24, 2.45) is 0 Å². The van der Waals surface area contributed by atoms with Crippen LogP contribution in [0.3, 0.4) is 0 Å². The molecule has 0 atom stereocenters. The predicted octanol–water partition coefficient (Wildman–Crippen LogP) is 1.03. The molecule has 0 aliphatic carbocycles. The van der Waals surface area contributed by atoms with E-state index in [0.717, 1.165) is 0 Å². The number of hydrogen-bond acceptors (Lipinski definition) is 2. The van der Waals surface area contributed by atoms with E-state index in [1.807, 2.05) is 20.8 Å². The second-order valence-electron chi connectivity index (χ2n) is 3.07. The third-order valence-corrected chi connectivity index (χ3v) is 1.88. The van der Waals surface area contributed by atoms with Crippen molar-refractivity contribution in [3.63, 3.8) is 0 Å². The maximum atomic E-state index is 11.1. The Bertz CT molecular complexity index is 322. The molecule has 68 valence electrons. The highest BCUT2D eigenvalue weighted by Crippen LogP contribution is 2.20. The number of aromatic nitrogens is 2. The number of imidazole rings is 1. The lowest BCUT2D eigenvalue weighted by Gasteiger charge is -2.02. The Morgan fingerprint density at radius 2 is 2.17 bits per heavy atom. The van der Waals surface area contributed by atoms with E-state index in [2.05, 4.69) is 4.98 Å². The quantitative estimate of drug-likeness (QED) is 0.696. The fourth-order valence-electron chi connectivity index (χ4n) is 1.18. The number of nitrogens with one attached hydrogen (secondary N) is 1. The van der Waals surface area contributed by atoms with Crippen LogP contribution in [-0.4, -0.2) is 14.7 Å². The van der Waals surface area contributed by atoms with Crippen LogP contribution in [0.1, 0.15) is 32.4 Å². The zero-order chi connectivity index (χ0) is 9.30. The molecule has 12 heavy (non-hydrogen) atoms. The SMILES string of the molecule is CCn1c(O)c(C(C)C)[nH]c1=O. The Balaban J connectivity index is 3.27. The standard InChI is InChI=1S/C8H14N2O2/c1-4-10-7(11)6(5(2)3)9-8(10)12/h5,11H,4H2,1-3H3,(H,9,12). The van der Waals surface area contributed by atoms with Gasteiger partial charge in [0.05, 0.1) is 5.69 Å². The fourth-order valence-corrected chi connectivity index (χ4v) is 1.18. The van der Waals surface area contributed by atoms with Gasteiger partial charge in [-0.05, 0) is 12.8 Å². The molecule has 0 unspecified atom stereocenters. The summed E-state index contributed by atoms with van der Waals surface area (Å²) >= 11 is 0. The van der Waals surface area contributed by atoms with Crippen LogP contribution in [0.2, 0.25) is 0 Å². The Morgan fingerprint density at radius 1 is 1.58 bits per heavy atom. The third-order valence-electron chi connectivity index (χ3n) is 1.88. The summed E-state index contributed by atoms with van der Waals surface area (Å²) in [5, 5.41) is 9.51. The summed E-state index contributed by atoms with van der Waals surface area (Å²) < 4.78 is 1.31. The molecule has 2 N–H and O–H groups in total. The molecule has 0 bridgehead atoms. The molecule has 0 amide bonds. The average Bonchev–Trinajstić information content (AvgIpc) is 2.27. The van der Waals surface area contributed by atoms with Crippen molar-refractivity contribution in [1.29, 1.82) is 0 Å². The van der Waals surface area contributed by atoms with Crippen LogP contribution in [0.4, 0.5) is 0 Å². The summed E-state index contributed by atoms with van der Waals surface area (Å²) in [6.07, 6.45) is 0. The summed E-state index contributed by atoms with van der Waals surface area (Å²) in [5.74, 6) is 0.211. The van der Waals surface area contributed by atoms with E-state index < -0.39 is 0 Å². The Morgan fingerprint density at radius 3 is 2.42 bits per heavy atom. The third kappa shape index (κ3) is 1.24. The van der Waals surface area contributed by atoms with Gasteiger partial charge in [0.1, 0.15) is 0 Å². The van der Waals surface area contributed by atoms with E-state index in [1.165, 1.54) is 4.57 Å². The lowest BCUT2D eigenvalue weighted by molar-refractivity contribution is 0.410. The van der Waals surface area contributed by atoms with Gasteiger partial charge in [0.15, 0.2) is 0 Å². The van der Waals surface area contributed by atoms with Gasteiger partial charge in [-0.1, -0.05) is 13.8 Å². The maximum Gasteiger partial charge on any atom is 0.328 e. The van der Waals surface area contributed by atoms with Gasteiger partial charge in [-0.15, -0.1) is 0 Å². The summed E-state index contributed by atoms with van der Waals surface area (Å²) in [5.41, 5.74) is 0.376. The predicted molar refractivity (Wildman–Crippen MR) is 46.5 cm³/mol. The highest BCUT2D eigenvalue weighted by atomic mass is 16.3. The van der Waals surface area contributed by atoms with Crippen molar-refractivity contribution < 1.29 is 5.11 Å². The van der Waals surface area contributed by atoms with Crippen molar-refractivity contribution in [3.05, 3.63) is 16.2 Å². The number of aromatic hydroxyl groups is 1. The lowest BCUT2D eigenvalue weighted by Crippen LogP contribution is -2.14. The second-order valence-corrected chi connectivity index (χ2v) is 3.07. The molecule has 0 fully saturated rings. The molecule has 0 spiro atoms. The van der Waals surface area contributed by atoms with Gasteiger partial charge in [-0.25, -0.2) is 4.79 Å². The first-order valence-electron chi connectivity index (χ1n) is 4.09. The normalized spacial score (nSPS) is 11.0. The van der Waals surface area contributed by atoms with Gasteiger partial charge in [0.2, 0.25) is 5.88 Å². The minimum atomic E-state index is -0.237. The maximum absolute atomic E-state index is 11.1. The first kappa shape index (κ1) is 8.90. The van der Waals surface area contributed by atoms with Crippen molar-refractivity contribution >= 4 is 0 Å². The number of rotatable bonds is 2. The average molecular weight is 170 g/mol. The molecule has 0 aromatic carbocycles. The van der Waals surface area contributed by atoms with E-state index in [4.69, 9.17) is 0 Å². The number of hydrogen-bond donors (Lipinski definition) is 2. The first-order chi connectivity index (χ1) is 5.57. The highest BCUT2D eigenvalue weighted by molar-refractivity contribution is 5.21. The van der Waals surface area contributed by atoms with Crippen LogP contribution < -0.4 is 5.69 Å². The van der Waals surface area contributed by atoms with Crippen molar-refractivity contribution in [3.8, 4) is 5.88 Å².